The summed E-state index contributed by atoms with van der Waals surface area (Å²) in [5.74, 6) is -1.45. The van der Waals surface area contributed by atoms with E-state index in [0.717, 1.165) is 35.5 Å². The smallest absolute Gasteiger partial charge is 0.273 e. The topological polar surface area (TPSA) is 102 Å². The number of nitrogens with zero attached hydrogens (tertiary/aromatic N) is 4. The van der Waals surface area contributed by atoms with Crippen LogP contribution in [0, 0.1) is 23.1 Å². The maximum atomic E-state index is 14.7. The molecular formula is C23H24F2N6O2S. The van der Waals surface area contributed by atoms with Crippen LogP contribution < -0.4 is 10.6 Å². The monoisotopic (exact) mass is 486 g/mol. The number of ether oxygens (including phenoxy) is 1. The van der Waals surface area contributed by atoms with E-state index < -0.39 is 28.5 Å². The molecule has 2 unspecified atom stereocenters. The summed E-state index contributed by atoms with van der Waals surface area (Å²) >= 11 is 1.15. The van der Waals surface area contributed by atoms with E-state index in [2.05, 4.69) is 20.7 Å². The van der Waals surface area contributed by atoms with Gasteiger partial charge < -0.3 is 15.4 Å². The number of benzene rings is 2. The van der Waals surface area contributed by atoms with Crippen molar-refractivity contribution in [3.63, 3.8) is 0 Å². The van der Waals surface area contributed by atoms with Gasteiger partial charge in [0.1, 0.15) is 27.7 Å². The number of methoxy groups -OCH3 is 1. The van der Waals surface area contributed by atoms with E-state index in [4.69, 9.17) is 10.00 Å². The Morgan fingerprint density at radius 2 is 2.06 bits per heavy atom. The molecule has 1 heterocycles. The molecule has 0 spiro atoms. The predicted molar refractivity (Wildman–Crippen MR) is 127 cm³/mol. The summed E-state index contributed by atoms with van der Waals surface area (Å²) in [6.45, 7) is 1.87. The fourth-order valence-electron chi connectivity index (χ4n) is 3.43. The van der Waals surface area contributed by atoms with E-state index in [1.54, 1.807) is 20.2 Å². The van der Waals surface area contributed by atoms with Gasteiger partial charge in [0.05, 0.1) is 0 Å². The maximum Gasteiger partial charge on any atom is 0.273 e. The van der Waals surface area contributed by atoms with Crippen molar-refractivity contribution in [1.29, 1.82) is 5.26 Å². The molecule has 2 aromatic rings. The van der Waals surface area contributed by atoms with Crippen LogP contribution in [0.15, 0.2) is 58.6 Å². The quantitative estimate of drug-likeness (QED) is 0.354. The molecule has 0 saturated carbocycles. The third-order valence-corrected chi connectivity index (χ3v) is 6.69. The molecule has 0 radical (unpaired) electrons. The molecule has 0 saturated heterocycles. The highest BCUT2D eigenvalue weighted by Crippen LogP contribution is 2.50. The molecular weight excluding hydrogens is 462 g/mol. The molecule has 3 rings (SSSR count). The molecule has 1 aliphatic heterocycles. The van der Waals surface area contributed by atoms with E-state index >= 15 is 0 Å². The summed E-state index contributed by atoms with van der Waals surface area (Å²) in [6, 6.07) is 12.3. The summed E-state index contributed by atoms with van der Waals surface area (Å²) in [5.41, 5.74) is 0.692. The number of aliphatic imine (C=N–C) groups is 1. The number of hydrazone groups is 1. The lowest BCUT2D eigenvalue weighted by Crippen LogP contribution is -2.48. The molecule has 34 heavy (non-hydrogen) atoms. The van der Waals surface area contributed by atoms with Gasteiger partial charge in [-0.25, -0.2) is 13.8 Å². The van der Waals surface area contributed by atoms with Crippen LogP contribution in [0.1, 0.15) is 24.5 Å². The lowest BCUT2D eigenvalue weighted by atomic mass is 10.0. The number of nitriles is 1. The lowest BCUT2D eigenvalue weighted by molar-refractivity contribution is -0.144. The van der Waals surface area contributed by atoms with Gasteiger partial charge in [0.15, 0.2) is 0 Å². The second-order valence-electron chi connectivity index (χ2n) is 7.30. The van der Waals surface area contributed by atoms with Crippen LogP contribution in [0.5, 0.6) is 0 Å². The van der Waals surface area contributed by atoms with E-state index in [1.165, 1.54) is 12.1 Å². The summed E-state index contributed by atoms with van der Waals surface area (Å²) in [4.78, 5) is 15.9. The van der Waals surface area contributed by atoms with Crippen molar-refractivity contribution >= 4 is 28.7 Å². The standard InChI is InChI=1S/C23H24F2N6O2S/c1-15(33-3)21(32)31-23(16-7-5-4-6-8-16,11-12-28-22(27-2)29-14-26)34-20(30-31)18-13-17(24)9-10-19(18)25/h4-10,13,15H,11-12H2,1-3H3,(H2,27,28,29). The first-order valence-electron chi connectivity index (χ1n) is 10.4. The number of hydrogen-bond acceptors (Lipinski definition) is 6. The van der Waals surface area contributed by atoms with Gasteiger partial charge in [0, 0.05) is 32.7 Å². The van der Waals surface area contributed by atoms with Crippen LogP contribution in [-0.2, 0) is 14.4 Å². The number of nitrogens with one attached hydrogen (secondary N) is 2. The van der Waals surface area contributed by atoms with Crippen LogP contribution >= 0.6 is 11.8 Å². The highest BCUT2D eigenvalue weighted by molar-refractivity contribution is 8.15. The van der Waals surface area contributed by atoms with Crippen molar-refractivity contribution in [2.45, 2.75) is 24.3 Å². The van der Waals surface area contributed by atoms with Gasteiger partial charge in [0.2, 0.25) is 12.2 Å². The highest BCUT2D eigenvalue weighted by Gasteiger charge is 2.49. The van der Waals surface area contributed by atoms with Crippen LogP contribution in [0.2, 0.25) is 0 Å². The summed E-state index contributed by atoms with van der Waals surface area (Å²) in [7, 11) is 3.02. The molecule has 1 aliphatic rings. The second-order valence-corrected chi connectivity index (χ2v) is 8.56. The first-order chi connectivity index (χ1) is 16.4. The largest absolute Gasteiger partial charge is 0.372 e. The summed E-state index contributed by atoms with van der Waals surface area (Å²) < 4.78 is 33.9. The van der Waals surface area contributed by atoms with E-state index in [9.17, 15) is 13.6 Å². The van der Waals surface area contributed by atoms with Gasteiger partial charge in [-0.05, 0) is 30.7 Å². The fraction of sp³-hybridized carbons (Fsp3) is 0.304. The lowest BCUT2D eigenvalue weighted by Gasteiger charge is -2.37. The van der Waals surface area contributed by atoms with Crippen molar-refractivity contribution in [3.8, 4) is 6.19 Å². The Bertz CT molecular complexity index is 1140. The molecule has 178 valence electrons. The SMILES string of the molecule is CNC(=NC#N)NCCC1(c2ccccc2)SC(c2cc(F)ccc2F)=NN1C(=O)C(C)OC. The Kier molecular flexibility index (Phi) is 8.20. The van der Waals surface area contributed by atoms with Gasteiger partial charge in [-0.3, -0.25) is 4.79 Å². The Balaban J connectivity index is 2.09. The Morgan fingerprint density at radius 1 is 1.32 bits per heavy atom. The van der Waals surface area contributed by atoms with E-state index in [-0.39, 0.29) is 23.1 Å². The summed E-state index contributed by atoms with van der Waals surface area (Å²) in [5, 5.41) is 20.6. The number of guanidine groups is 1. The average Bonchev–Trinajstić information content (AvgIpc) is 3.25. The van der Waals surface area contributed by atoms with Crippen LogP contribution in [0.4, 0.5) is 8.78 Å². The number of amides is 1. The zero-order valence-corrected chi connectivity index (χ0v) is 19.7. The normalized spacial score (nSPS) is 18.8. The summed E-state index contributed by atoms with van der Waals surface area (Å²) in [6.07, 6.45) is 1.17. The zero-order chi connectivity index (χ0) is 24.7. The Labute approximate surface area is 200 Å². The second kappa shape index (κ2) is 11.1. The van der Waals surface area contributed by atoms with Crippen molar-refractivity contribution in [1.82, 2.24) is 15.6 Å². The van der Waals surface area contributed by atoms with Crippen LogP contribution in [-0.4, -0.2) is 48.7 Å². The van der Waals surface area contributed by atoms with Crippen molar-refractivity contribution < 1.29 is 18.3 Å². The molecule has 11 heteroatoms. The van der Waals surface area contributed by atoms with Crippen molar-refractivity contribution in [3.05, 3.63) is 71.3 Å². The van der Waals surface area contributed by atoms with Crippen molar-refractivity contribution in [2.24, 2.45) is 10.1 Å². The van der Waals surface area contributed by atoms with Gasteiger partial charge in [-0.1, -0.05) is 42.1 Å². The minimum Gasteiger partial charge on any atom is -0.372 e. The van der Waals surface area contributed by atoms with E-state index in [0.29, 0.717) is 6.42 Å². The Morgan fingerprint density at radius 3 is 2.71 bits per heavy atom. The molecule has 2 atom stereocenters. The minimum atomic E-state index is -1.10. The van der Waals surface area contributed by atoms with Crippen LogP contribution in [0.25, 0.3) is 0 Å². The first kappa shape index (κ1) is 25.1. The van der Waals surface area contributed by atoms with E-state index in [1.807, 2.05) is 30.3 Å². The number of carbonyl (C=O) groups is 1. The third kappa shape index (κ3) is 5.18. The molecule has 0 aliphatic carbocycles. The van der Waals surface area contributed by atoms with Gasteiger partial charge in [-0.2, -0.15) is 10.4 Å². The minimum absolute atomic E-state index is 0.0411. The van der Waals surface area contributed by atoms with Crippen molar-refractivity contribution in [2.75, 3.05) is 20.7 Å². The van der Waals surface area contributed by atoms with Gasteiger partial charge in [-0.15, -0.1) is 4.99 Å². The fourth-order valence-corrected chi connectivity index (χ4v) is 4.81. The highest BCUT2D eigenvalue weighted by atomic mass is 32.2. The molecule has 0 bridgehead atoms. The molecule has 8 nitrogen and oxygen atoms in total. The van der Waals surface area contributed by atoms with Crippen LogP contribution in [0.3, 0.4) is 0 Å². The number of hydrogen-bond donors (Lipinski definition) is 2. The number of thioether (sulfide) groups is 1. The third-order valence-electron chi connectivity index (χ3n) is 5.25. The Hall–Kier alpha value is -3.49. The number of carbonyl (C=O) groups excluding carboxylic acids is 1. The first-order valence-corrected chi connectivity index (χ1v) is 11.2. The number of rotatable bonds is 7. The predicted octanol–water partition coefficient (Wildman–Crippen LogP) is 3.13. The van der Waals surface area contributed by atoms with Gasteiger partial charge >= 0.3 is 0 Å². The molecule has 0 aromatic heterocycles. The maximum absolute atomic E-state index is 14.7. The molecule has 0 fully saturated rings. The molecule has 2 aromatic carbocycles. The molecule has 1 amide bonds. The zero-order valence-electron chi connectivity index (χ0n) is 18.9. The number of halogens is 2. The van der Waals surface area contributed by atoms with Gasteiger partial charge in [0.25, 0.3) is 5.91 Å². The average molecular weight is 487 g/mol. The molecule has 2 N–H and O–H groups in total.